The minimum atomic E-state index is 0.0792. The summed E-state index contributed by atoms with van der Waals surface area (Å²) in [6, 6.07) is 0. The predicted octanol–water partition coefficient (Wildman–Crippen LogP) is 7.49. The Morgan fingerprint density at radius 3 is 1.45 bits per heavy atom. The molecule has 114 valence electrons. The molecule has 0 nitrogen and oxygen atoms in total. The van der Waals surface area contributed by atoms with E-state index in [1.807, 2.05) is 0 Å². The summed E-state index contributed by atoms with van der Waals surface area (Å²) in [5, 5.41) is 0. The topological polar surface area (TPSA) is 0 Å². The third kappa shape index (κ3) is 3.44. The minimum Gasteiger partial charge on any atom is -0.122 e. The van der Waals surface area contributed by atoms with Gasteiger partial charge >= 0.3 is 0 Å². The van der Waals surface area contributed by atoms with Crippen molar-refractivity contribution < 1.29 is 0 Å². The number of hydrogen-bond acceptors (Lipinski definition) is 0. The van der Waals surface area contributed by atoms with Crippen LogP contribution in [0.25, 0.3) is 0 Å². The molecule has 0 aliphatic rings. The molecule has 0 amide bonds. The van der Waals surface area contributed by atoms with E-state index in [1.54, 1.807) is 0 Å². The minimum absolute atomic E-state index is 0.0792. The molecule has 1 aromatic carbocycles. The molecule has 0 atom stereocenters. The molecule has 0 spiro atoms. The van der Waals surface area contributed by atoms with Crippen molar-refractivity contribution in [2.24, 2.45) is 0 Å². The summed E-state index contributed by atoms with van der Waals surface area (Å²) in [7, 11) is 0. The molecule has 0 N–H and O–H groups in total. The maximum atomic E-state index is 6.29. The van der Waals surface area contributed by atoms with Gasteiger partial charge in [0, 0.05) is 14.8 Å². The van der Waals surface area contributed by atoms with Crippen molar-refractivity contribution in [1.29, 1.82) is 0 Å². The second kappa shape index (κ2) is 6.71. The van der Waals surface area contributed by atoms with Crippen LogP contribution in [0.2, 0.25) is 0 Å². The lowest BCUT2D eigenvalue weighted by Crippen LogP contribution is -2.18. The molecular formula is C17H25Br2Cl. The predicted molar refractivity (Wildman–Crippen MR) is 98.3 cm³/mol. The fraction of sp³-hybridized carbons (Fsp3) is 0.647. The molecule has 0 aromatic heterocycles. The van der Waals surface area contributed by atoms with Crippen LogP contribution in [0.3, 0.4) is 0 Å². The standard InChI is InChI=1S/C17H25Br2Cl/c1-9(2)12-11(8-20)13(10(3)4)16(19)14(15(12)18)17(5,6)7/h9-10H,8H2,1-7H3. The van der Waals surface area contributed by atoms with E-state index in [0.29, 0.717) is 17.7 Å². The first kappa shape index (κ1) is 18.5. The van der Waals surface area contributed by atoms with Gasteiger partial charge in [-0.1, -0.05) is 80.3 Å². The quantitative estimate of drug-likeness (QED) is 0.441. The zero-order valence-corrected chi connectivity index (χ0v) is 17.4. The summed E-state index contributed by atoms with van der Waals surface area (Å²) in [6.07, 6.45) is 0. The normalized spacial score (nSPS) is 12.6. The van der Waals surface area contributed by atoms with Gasteiger partial charge in [-0.3, -0.25) is 0 Å². The maximum absolute atomic E-state index is 6.29. The Morgan fingerprint density at radius 2 is 1.25 bits per heavy atom. The van der Waals surface area contributed by atoms with Gasteiger partial charge in [-0.05, 0) is 39.5 Å². The fourth-order valence-electron chi connectivity index (χ4n) is 2.78. The summed E-state index contributed by atoms with van der Waals surface area (Å²) < 4.78 is 2.43. The highest BCUT2D eigenvalue weighted by Crippen LogP contribution is 2.46. The Balaban J connectivity index is 3.92. The average Bonchev–Trinajstić information content (AvgIpc) is 2.24. The second-order valence-corrected chi connectivity index (χ2v) is 8.86. The van der Waals surface area contributed by atoms with Crippen molar-refractivity contribution in [3.05, 3.63) is 31.2 Å². The monoisotopic (exact) mass is 422 g/mol. The van der Waals surface area contributed by atoms with Gasteiger partial charge in [-0.15, -0.1) is 11.6 Å². The van der Waals surface area contributed by atoms with Crippen LogP contribution in [0.15, 0.2) is 8.95 Å². The molecule has 0 aliphatic heterocycles. The molecule has 1 aromatic rings. The average molecular weight is 425 g/mol. The van der Waals surface area contributed by atoms with Crippen molar-refractivity contribution >= 4 is 43.5 Å². The van der Waals surface area contributed by atoms with Crippen molar-refractivity contribution in [2.45, 2.75) is 71.6 Å². The van der Waals surface area contributed by atoms with E-state index in [0.717, 1.165) is 0 Å². The third-order valence-corrected chi connectivity index (χ3v) is 5.52. The highest BCUT2D eigenvalue weighted by Gasteiger charge is 2.29. The van der Waals surface area contributed by atoms with E-state index in [2.05, 4.69) is 80.3 Å². The Hall–Kier alpha value is 0.470. The van der Waals surface area contributed by atoms with E-state index in [9.17, 15) is 0 Å². The van der Waals surface area contributed by atoms with Gasteiger partial charge in [0.2, 0.25) is 0 Å². The van der Waals surface area contributed by atoms with E-state index in [1.165, 1.54) is 31.2 Å². The highest BCUT2D eigenvalue weighted by molar-refractivity contribution is 9.11. The van der Waals surface area contributed by atoms with Gasteiger partial charge in [0.1, 0.15) is 0 Å². The second-order valence-electron chi connectivity index (χ2n) is 7.00. The van der Waals surface area contributed by atoms with Crippen LogP contribution in [-0.2, 0) is 11.3 Å². The molecule has 3 heteroatoms. The van der Waals surface area contributed by atoms with Crippen LogP contribution in [0.4, 0.5) is 0 Å². The molecule has 0 heterocycles. The molecule has 0 unspecified atom stereocenters. The maximum Gasteiger partial charge on any atom is 0.0480 e. The highest BCUT2D eigenvalue weighted by atomic mass is 79.9. The molecule has 0 aliphatic carbocycles. The Morgan fingerprint density at radius 1 is 0.900 bits per heavy atom. The van der Waals surface area contributed by atoms with Crippen molar-refractivity contribution in [3.8, 4) is 0 Å². The summed E-state index contributed by atoms with van der Waals surface area (Å²) >= 11 is 14.0. The summed E-state index contributed by atoms with van der Waals surface area (Å²) in [6.45, 7) is 15.7. The van der Waals surface area contributed by atoms with Crippen molar-refractivity contribution in [1.82, 2.24) is 0 Å². The third-order valence-electron chi connectivity index (χ3n) is 3.60. The molecule has 0 bridgehead atoms. The lowest BCUT2D eigenvalue weighted by molar-refractivity contribution is 0.578. The summed E-state index contributed by atoms with van der Waals surface area (Å²) in [5.41, 5.74) is 5.42. The van der Waals surface area contributed by atoms with Gasteiger partial charge < -0.3 is 0 Å². The fourth-order valence-corrected chi connectivity index (χ4v) is 6.32. The Bertz CT molecular complexity index is 462. The van der Waals surface area contributed by atoms with Gasteiger partial charge in [0.15, 0.2) is 0 Å². The lowest BCUT2D eigenvalue weighted by atomic mass is 9.79. The van der Waals surface area contributed by atoms with E-state index in [-0.39, 0.29) is 5.41 Å². The molecule has 0 saturated carbocycles. The molecule has 20 heavy (non-hydrogen) atoms. The number of halogens is 3. The Kier molecular flexibility index (Phi) is 6.21. The first-order valence-corrected chi connectivity index (χ1v) is 9.26. The van der Waals surface area contributed by atoms with Crippen LogP contribution in [0.5, 0.6) is 0 Å². The van der Waals surface area contributed by atoms with Gasteiger partial charge in [-0.25, -0.2) is 0 Å². The Labute approximate surface area is 145 Å². The van der Waals surface area contributed by atoms with Gasteiger partial charge in [0.25, 0.3) is 0 Å². The van der Waals surface area contributed by atoms with Crippen LogP contribution >= 0.6 is 43.5 Å². The molecule has 0 fully saturated rings. The smallest absolute Gasteiger partial charge is 0.0480 e. The van der Waals surface area contributed by atoms with Gasteiger partial charge in [0.05, 0.1) is 0 Å². The number of benzene rings is 1. The number of rotatable bonds is 3. The number of hydrogen-bond donors (Lipinski definition) is 0. The largest absolute Gasteiger partial charge is 0.122 e. The van der Waals surface area contributed by atoms with E-state index < -0.39 is 0 Å². The SMILES string of the molecule is CC(C)c1c(Br)c(C(C)(C)C)c(Br)c(C(C)C)c1CCl. The van der Waals surface area contributed by atoms with Crippen LogP contribution in [0, 0.1) is 0 Å². The van der Waals surface area contributed by atoms with Crippen LogP contribution < -0.4 is 0 Å². The van der Waals surface area contributed by atoms with Gasteiger partial charge in [-0.2, -0.15) is 0 Å². The van der Waals surface area contributed by atoms with Crippen molar-refractivity contribution in [3.63, 3.8) is 0 Å². The molecule has 0 saturated heterocycles. The summed E-state index contributed by atoms with van der Waals surface area (Å²) in [4.78, 5) is 0. The molecule has 1 rings (SSSR count). The molecule has 0 radical (unpaired) electrons. The first-order chi connectivity index (χ1) is 9.03. The van der Waals surface area contributed by atoms with Crippen LogP contribution in [0.1, 0.15) is 82.6 Å². The first-order valence-electron chi connectivity index (χ1n) is 7.14. The lowest BCUT2D eigenvalue weighted by Gasteiger charge is -2.31. The molecular weight excluding hydrogens is 399 g/mol. The summed E-state index contributed by atoms with van der Waals surface area (Å²) in [5.74, 6) is 1.46. The zero-order valence-electron chi connectivity index (χ0n) is 13.5. The number of alkyl halides is 1. The van der Waals surface area contributed by atoms with E-state index >= 15 is 0 Å². The van der Waals surface area contributed by atoms with Crippen LogP contribution in [-0.4, -0.2) is 0 Å². The van der Waals surface area contributed by atoms with E-state index in [4.69, 9.17) is 11.6 Å². The zero-order chi connectivity index (χ0) is 15.8. The van der Waals surface area contributed by atoms with Crippen molar-refractivity contribution in [2.75, 3.05) is 0 Å².